The van der Waals surface area contributed by atoms with E-state index in [4.69, 9.17) is 4.74 Å². The number of benzene rings is 1. The Morgan fingerprint density at radius 1 is 1.44 bits per heavy atom. The second-order valence-electron chi connectivity index (χ2n) is 5.18. The average Bonchev–Trinajstić information content (AvgIpc) is 2.18. The molecule has 1 radical (unpaired) electrons. The van der Waals surface area contributed by atoms with E-state index in [1.54, 1.807) is 39.8 Å². The summed E-state index contributed by atoms with van der Waals surface area (Å²) in [6, 6.07) is 4.30. The van der Waals surface area contributed by atoms with Crippen molar-refractivity contribution in [3.8, 4) is 0 Å². The molecule has 0 aromatic heterocycles. The molecule has 1 atom stereocenters. The van der Waals surface area contributed by atoms with Crippen LogP contribution in [-0.4, -0.2) is 11.7 Å². The van der Waals surface area contributed by atoms with Gasteiger partial charge in [-0.1, -0.05) is 12.1 Å². The van der Waals surface area contributed by atoms with Gasteiger partial charge in [0.2, 0.25) is 0 Å². The molecule has 0 saturated heterocycles. The lowest BCUT2D eigenvalue weighted by Crippen LogP contribution is -2.34. The molecule has 1 aromatic carbocycles. The van der Waals surface area contributed by atoms with Crippen LogP contribution < -0.4 is 5.32 Å². The van der Waals surface area contributed by atoms with Crippen molar-refractivity contribution < 1.29 is 13.9 Å². The van der Waals surface area contributed by atoms with Crippen LogP contribution in [0.2, 0.25) is 0 Å². The molecule has 99 valence electrons. The maximum absolute atomic E-state index is 13.3. The van der Waals surface area contributed by atoms with Crippen molar-refractivity contribution in [2.24, 2.45) is 0 Å². The van der Waals surface area contributed by atoms with Gasteiger partial charge in [-0.15, -0.1) is 0 Å². The van der Waals surface area contributed by atoms with Crippen LogP contribution in [0.15, 0.2) is 18.2 Å². The minimum absolute atomic E-state index is 0.293. The molecular weight excluding hydrogens is 233 g/mol. The van der Waals surface area contributed by atoms with Crippen LogP contribution in [-0.2, 0) is 4.74 Å². The number of hydrogen-bond acceptors (Lipinski definition) is 2. The molecule has 0 heterocycles. The molecule has 1 aromatic rings. The smallest absolute Gasteiger partial charge is 0.408 e. The van der Waals surface area contributed by atoms with Gasteiger partial charge < -0.3 is 10.1 Å². The van der Waals surface area contributed by atoms with Crippen molar-refractivity contribution in [2.75, 3.05) is 0 Å². The summed E-state index contributed by atoms with van der Waals surface area (Å²) in [7, 11) is 0. The predicted octanol–water partition coefficient (Wildman–Crippen LogP) is 3.59. The van der Waals surface area contributed by atoms with Crippen LogP contribution in [0, 0.1) is 12.7 Å². The van der Waals surface area contributed by atoms with Gasteiger partial charge in [-0.3, -0.25) is 0 Å². The molecule has 1 N–H and O–H groups in total. The van der Waals surface area contributed by atoms with Crippen LogP contribution in [0.3, 0.4) is 0 Å². The Kier molecular flexibility index (Phi) is 4.33. The van der Waals surface area contributed by atoms with Crippen molar-refractivity contribution >= 4 is 6.09 Å². The number of halogens is 1. The zero-order valence-corrected chi connectivity index (χ0v) is 11.2. The fourth-order valence-corrected chi connectivity index (χ4v) is 1.54. The monoisotopic (exact) mass is 252 g/mol. The molecule has 0 unspecified atom stereocenters. The van der Waals surface area contributed by atoms with Crippen LogP contribution in [0.4, 0.5) is 9.18 Å². The lowest BCUT2D eigenvalue weighted by atomic mass is 10.0. The number of rotatable bonds is 2. The minimum atomic E-state index is -0.557. The molecule has 1 amide bonds. The van der Waals surface area contributed by atoms with E-state index >= 15 is 0 Å². The third-order valence-corrected chi connectivity index (χ3v) is 2.35. The summed E-state index contributed by atoms with van der Waals surface area (Å²) in [5.74, 6) is -0.384. The first-order valence-electron chi connectivity index (χ1n) is 5.80. The van der Waals surface area contributed by atoms with Gasteiger partial charge in [0.25, 0.3) is 0 Å². The quantitative estimate of drug-likeness (QED) is 0.873. The molecule has 0 aliphatic heterocycles. The highest BCUT2D eigenvalue weighted by atomic mass is 19.1. The first-order chi connectivity index (χ1) is 8.20. The molecule has 1 rings (SSSR count). The van der Waals surface area contributed by atoms with Gasteiger partial charge in [0.15, 0.2) is 0 Å². The molecule has 0 fully saturated rings. The second-order valence-corrected chi connectivity index (χ2v) is 5.18. The van der Waals surface area contributed by atoms with Crippen LogP contribution in [0.1, 0.15) is 44.9 Å². The maximum atomic E-state index is 13.3. The third-order valence-electron chi connectivity index (χ3n) is 2.35. The van der Waals surface area contributed by atoms with Gasteiger partial charge >= 0.3 is 6.09 Å². The Morgan fingerprint density at radius 2 is 2.06 bits per heavy atom. The highest BCUT2D eigenvalue weighted by molar-refractivity contribution is 5.68. The van der Waals surface area contributed by atoms with E-state index in [-0.39, 0.29) is 11.9 Å². The van der Waals surface area contributed by atoms with Gasteiger partial charge in [-0.25, -0.2) is 9.18 Å². The van der Waals surface area contributed by atoms with Gasteiger partial charge in [0.05, 0.1) is 6.04 Å². The summed E-state index contributed by atoms with van der Waals surface area (Å²) in [5.41, 5.74) is 0.376. The summed E-state index contributed by atoms with van der Waals surface area (Å²) in [5, 5.41) is 2.65. The molecule has 3 nitrogen and oxygen atoms in total. The van der Waals surface area contributed by atoms with Crippen molar-refractivity contribution in [1.29, 1.82) is 0 Å². The van der Waals surface area contributed by atoms with Gasteiger partial charge in [0, 0.05) is 0 Å². The standard InChI is InChI=1S/C14H19FNO2/c1-9-11(7-6-8-12(9)15)10(2)16-13(17)18-14(3,4)5/h6-8,10H,1H2,2-5H3,(H,16,17)/t10-/m0/s1. The highest BCUT2D eigenvalue weighted by Gasteiger charge is 2.19. The molecule has 4 heteroatoms. The minimum Gasteiger partial charge on any atom is -0.444 e. The maximum Gasteiger partial charge on any atom is 0.408 e. The summed E-state index contributed by atoms with van der Waals surface area (Å²) >= 11 is 0. The summed E-state index contributed by atoms with van der Waals surface area (Å²) in [4.78, 5) is 11.6. The van der Waals surface area contributed by atoms with Crippen LogP contribution in [0.25, 0.3) is 0 Å². The zero-order valence-electron chi connectivity index (χ0n) is 11.2. The first-order valence-corrected chi connectivity index (χ1v) is 5.80. The van der Waals surface area contributed by atoms with Crippen molar-refractivity contribution in [1.82, 2.24) is 5.32 Å². The zero-order chi connectivity index (χ0) is 13.9. The van der Waals surface area contributed by atoms with Crippen molar-refractivity contribution in [3.05, 3.63) is 42.1 Å². The van der Waals surface area contributed by atoms with Gasteiger partial charge in [0.1, 0.15) is 11.4 Å². The summed E-state index contributed by atoms with van der Waals surface area (Å²) in [6.45, 7) is 10.8. The molecule has 0 aliphatic carbocycles. The number of hydrogen-bond donors (Lipinski definition) is 1. The Morgan fingerprint density at radius 3 is 2.61 bits per heavy atom. The first kappa shape index (κ1) is 14.5. The number of carbonyl (C=O) groups is 1. The average molecular weight is 252 g/mol. The van der Waals surface area contributed by atoms with Crippen LogP contribution in [0.5, 0.6) is 0 Å². The Bertz CT molecular complexity index is 438. The Hall–Kier alpha value is -1.58. The second kappa shape index (κ2) is 5.38. The highest BCUT2D eigenvalue weighted by Crippen LogP contribution is 2.20. The summed E-state index contributed by atoms with van der Waals surface area (Å²) < 4.78 is 18.5. The van der Waals surface area contributed by atoms with E-state index in [0.29, 0.717) is 11.1 Å². The fourth-order valence-electron chi connectivity index (χ4n) is 1.54. The topological polar surface area (TPSA) is 38.3 Å². The normalized spacial score (nSPS) is 13.0. The Labute approximate surface area is 107 Å². The number of nitrogens with one attached hydrogen (secondary N) is 1. The van der Waals surface area contributed by atoms with E-state index in [9.17, 15) is 9.18 Å². The van der Waals surface area contributed by atoms with E-state index in [1.165, 1.54) is 6.07 Å². The third kappa shape index (κ3) is 4.02. The largest absolute Gasteiger partial charge is 0.444 e. The predicted molar refractivity (Wildman–Crippen MR) is 68.6 cm³/mol. The number of carbonyl (C=O) groups excluding carboxylic acids is 1. The number of ether oxygens (including phenoxy) is 1. The lowest BCUT2D eigenvalue weighted by Gasteiger charge is -2.22. The molecule has 18 heavy (non-hydrogen) atoms. The molecule has 0 bridgehead atoms. The van der Waals surface area contributed by atoms with Gasteiger partial charge in [-0.05, 0) is 51.8 Å². The van der Waals surface area contributed by atoms with E-state index < -0.39 is 11.7 Å². The van der Waals surface area contributed by atoms with E-state index in [0.717, 1.165) is 0 Å². The van der Waals surface area contributed by atoms with Crippen molar-refractivity contribution in [2.45, 2.75) is 39.3 Å². The molecule has 0 spiro atoms. The van der Waals surface area contributed by atoms with E-state index in [1.807, 2.05) is 0 Å². The van der Waals surface area contributed by atoms with Crippen LogP contribution >= 0.6 is 0 Å². The molecule has 0 saturated carbocycles. The lowest BCUT2D eigenvalue weighted by molar-refractivity contribution is 0.0508. The van der Waals surface area contributed by atoms with E-state index in [2.05, 4.69) is 12.2 Å². The fraction of sp³-hybridized carbons (Fsp3) is 0.429. The van der Waals surface area contributed by atoms with Gasteiger partial charge in [-0.2, -0.15) is 0 Å². The van der Waals surface area contributed by atoms with Crippen molar-refractivity contribution in [3.63, 3.8) is 0 Å². The number of amides is 1. The molecule has 0 aliphatic rings. The SMILES string of the molecule is [CH2]c1c(F)cccc1[C@H](C)NC(=O)OC(C)(C)C. The Balaban J connectivity index is 2.74. The summed E-state index contributed by atoms with van der Waals surface area (Å²) in [6.07, 6.45) is -0.529. The number of alkyl carbamates (subject to hydrolysis) is 1. The molecular formula is C14H19FNO2.